The van der Waals surface area contributed by atoms with Crippen molar-refractivity contribution in [3.05, 3.63) is 54.1 Å². The molecule has 0 aliphatic carbocycles. The quantitative estimate of drug-likeness (QED) is 0.673. The number of pyridine rings is 1. The van der Waals surface area contributed by atoms with Crippen LogP contribution in [0.25, 0.3) is 22.2 Å². The smallest absolute Gasteiger partial charge is 0.336 e. The molecule has 0 atom stereocenters. The van der Waals surface area contributed by atoms with Crippen LogP contribution in [0.5, 0.6) is 0 Å². The van der Waals surface area contributed by atoms with Gasteiger partial charge in [0.25, 0.3) is 0 Å². The molecule has 0 bridgehead atoms. The molecule has 2 aromatic carbocycles. The highest BCUT2D eigenvalue weighted by Crippen LogP contribution is 2.28. The van der Waals surface area contributed by atoms with Crippen molar-refractivity contribution in [1.82, 2.24) is 4.98 Å². The normalized spacial score (nSPS) is 10.9. The number of aromatic nitrogens is 1. The third kappa shape index (κ3) is 3.21. The number of hydrogen-bond acceptors (Lipinski definition) is 4. The number of carboxylic acids is 1. The average Bonchev–Trinajstić information content (AvgIpc) is 2.60. The Labute approximate surface area is 143 Å². The first-order chi connectivity index (χ1) is 11.1. The molecule has 0 saturated heterocycles. The number of hydrogen-bond donors (Lipinski definition) is 1. The zero-order valence-corrected chi connectivity index (χ0v) is 14.4. The summed E-state index contributed by atoms with van der Waals surface area (Å²) in [5, 5.41) is 10.2. The molecule has 0 aliphatic heterocycles. The second-order valence-corrected chi connectivity index (χ2v) is 6.73. The minimum atomic E-state index is -0.934. The van der Waals surface area contributed by atoms with E-state index < -0.39 is 5.97 Å². The lowest BCUT2D eigenvalue weighted by atomic mass is 10.0. The fourth-order valence-corrected chi connectivity index (χ4v) is 3.26. The molecule has 3 aromatic rings. The monoisotopic (exact) mass is 341 g/mol. The van der Waals surface area contributed by atoms with Gasteiger partial charge in [0, 0.05) is 20.7 Å². The van der Waals surface area contributed by atoms with Crippen molar-refractivity contribution in [2.24, 2.45) is 0 Å². The topological polar surface area (TPSA) is 50.2 Å². The van der Waals surface area contributed by atoms with Crippen LogP contribution in [-0.4, -0.2) is 28.6 Å². The van der Waals surface area contributed by atoms with E-state index in [4.69, 9.17) is 0 Å². The van der Waals surface area contributed by atoms with Crippen LogP contribution in [0.15, 0.2) is 58.3 Å². The maximum Gasteiger partial charge on any atom is 0.336 e. The van der Waals surface area contributed by atoms with Crippen LogP contribution in [0.1, 0.15) is 10.4 Å². The summed E-state index contributed by atoms with van der Waals surface area (Å²) >= 11 is 3.29. The SMILES string of the molecule is CSc1ccc(-c2cc(C(=O)O)c3ccc(SC)cc3n2)cc1. The Morgan fingerprint density at radius 1 is 0.957 bits per heavy atom. The number of fused-ring (bicyclic) bond motifs is 1. The molecule has 0 aliphatic rings. The van der Waals surface area contributed by atoms with Gasteiger partial charge in [-0.2, -0.15) is 0 Å². The molecule has 0 amide bonds. The van der Waals surface area contributed by atoms with E-state index >= 15 is 0 Å². The minimum Gasteiger partial charge on any atom is -0.478 e. The lowest BCUT2D eigenvalue weighted by Crippen LogP contribution is -2.00. The van der Waals surface area contributed by atoms with Crippen LogP contribution in [0.4, 0.5) is 0 Å². The van der Waals surface area contributed by atoms with Gasteiger partial charge in [-0.25, -0.2) is 9.78 Å². The van der Waals surface area contributed by atoms with Crippen LogP contribution in [0, 0.1) is 0 Å². The fraction of sp³-hybridized carbons (Fsp3) is 0.111. The lowest BCUT2D eigenvalue weighted by molar-refractivity contribution is 0.0699. The molecule has 0 fully saturated rings. The van der Waals surface area contributed by atoms with Gasteiger partial charge in [-0.3, -0.25) is 0 Å². The van der Waals surface area contributed by atoms with Crippen LogP contribution >= 0.6 is 23.5 Å². The predicted molar refractivity (Wildman–Crippen MR) is 97.7 cm³/mol. The van der Waals surface area contributed by atoms with E-state index in [-0.39, 0.29) is 5.56 Å². The van der Waals surface area contributed by atoms with E-state index in [1.165, 1.54) is 0 Å². The van der Waals surface area contributed by atoms with Crippen molar-refractivity contribution in [1.29, 1.82) is 0 Å². The first-order valence-electron chi connectivity index (χ1n) is 6.99. The Hall–Kier alpha value is -1.98. The second-order valence-electron chi connectivity index (χ2n) is 4.97. The number of rotatable bonds is 4. The first kappa shape index (κ1) is 15.9. The standard InChI is InChI=1S/C18H15NO2S2/c1-22-12-5-3-11(4-6-12)16-10-15(18(20)21)14-8-7-13(23-2)9-17(14)19-16/h3-10H,1-2H3,(H,20,21). The summed E-state index contributed by atoms with van der Waals surface area (Å²) in [6, 6.07) is 15.3. The highest BCUT2D eigenvalue weighted by molar-refractivity contribution is 7.98. The van der Waals surface area contributed by atoms with Gasteiger partial charge in [-0.1, -0.05) is 18.2 Å². The van der Waals surface area contributed by atoms with Crippen LogP contribution in [0.3, 0.4) is 0 Å². The van der Waals surface area contributed by atoms with Gasteiger partial charge in [0.2, 0.25) is 0 Å². The second kappa shape index (κ2) is 6.64. The van der Waals surface area contributed by atoms with Gasteiger partial charge in [-0.05, 0) is 42.8 Å². The zero-order chi connectivity index (χ0) is 16.4. The number of aromatic carboxylic acids is 1. The molecule has 1 N–H and O–H groups in total. The van der Waals surface area contributed by atoms with Crippen LogP contribution in [-0.2, 0) is 0 Å². The third-order valence-electron chi connectivity index (χ3n) is 3.63. The summed E-state index contributed by atoms with van der Waals surface area (Å²) in [7, 11) is 0. The average molecular weight is 341 g/mol. The van der Waals surface area contributed by atoms with Crippen molar-refractivity contribution < 1.29 is 9.90 Å². The summed E-state index contributed by atoms with van der Waals surface area (Å²) in [4.78, 5) is 18.5. The van der Waals surface area contributed by atoms with E-state index in [1.807, 2.05) is 55.0 Å². The van der Waals surface area contributed by atoms with Gasteiger partial charge in [0.1, 0.15) is 0 Å². The highest BCUT2D eigenvalue weighted by Gasteiger charge is 2.13. The Morgan fingerprint density at radius 3 is 2.22 bits per heavy atom. The van der Waals surface area contributed by atoms with Crippen molar-refractivity contribution in [3.63, 3.8) is 0 Å². The van der Waals surface area contributed by atoms with Gasteiger partial charge in [0.05, 0.1) is 16.8 Å². The molecule has 0 radical (unpaired) electrons. The van der Waals surface area contributed by atoms with Crippen molar-refractivity contribution >= 4 is 40.4 Å². The van der Waals surface area contributed by atoms with E-state index in [1.54, 1.807) is 29.6 Å². The number of thioether (sulfide) groups is 2. The van der Waals surface area contributed by atoms with Gasteiger partial charge < -0.3 is 5.11 Å². The maximum atomic E-state index is 11.6. The molecule has 5 heteroatoms. The van der Waals surface area contributed by atoms with Crippen molar-refractivity contribution in [2.45, 2.75) is 9.79 Å². The number of carboxylic acid groups (broad SMARTS) is 1. The Balaban J connectivity index is 2.21. The molecule has 1 aromatic heterocycles. The maximum absolute atomic E-state index is 11.6. The molecular formula is C18H15NO2S2. The van der Waals surface area contributed by atoms with Crippen LogP contribution < -0.4 is 0 Å². The first-order valence-corrected chi connectivity index (χ1v) is 9.44. The highest BCUT2D eigenvalue weighted by atomic mass is 32.2. The molecule has 0 saturated carbocycles. The molecule has 0 unspecified atom stereocenters. The fourth-order valence-electron chi connectivity index (χ4n) is 2.42. The molecule has 23 heavy (non-hydrogen) atoms. The number of nitrogens with zero attached hydrogens (tertiary/aromatic N) is 1. The Bertz CT molecular complexity index is 876. The Morgan fingerprint density at radius 2 is 1.61 bits per heavy atom. The van der Waals surface area contributed by atoms with E-state index in [9.17, 15) is 9.90 Å². The summed E-state index contributed by atoms with van der Waals surface area (Å²) in [5.41, 5.74) is 2.59. The van der Waals surface area contributed by atoms with E-state index in [0.29, 0.717) is 16.6 Å². The molecule has 3 rings (SSSR count). The minimum absolute atomic E-state index is 0.284. The summed E-state index contributed by atoms with van der Waals surface area (Å²) in [6.45, 7) is 0. The Kier molecular flexibility index (Phi) is 4.59. The van der Waals surface area contributed by atoms with Crippen molar-refractivity contribution in [3.8, 4) is 11.3 Å². The lowest BCUT2D eigenvalue weighted by Gasteiger charge is -2.09. The predicted octanol–water partition coefficient (Wildman–Crippen LogP) is 5.04. The third-order valence-corrected chi connectivity index (χ3v) is 5.10. The van der Waals surface area contributed by atoms with E-state index in [2.05, 4.69) is 4.98 Å². The zero-order valence-electron chi connectivity index (χ0n) is 12.7. The van der Waals surface area contributed by atoms with E-state index in [0.717, 1.165) is 15.4 Å². The molecular weight excluding hydrogens is 326 g/mol. The number of benzene rings is 2. The molecule has 0 spiro atoms. The van der Waals surface area contributed by atoms with Gasteiger partial charge in [0.15, 0.2) is 0 Å². The largest absolute Gasteiger partial charge is 0.478 e. The molecule has 1 heterocycles. The molecule has 116 valence electrons. The summed E-state index contributed by atoms with van der Waals surface area (Å²) in [5.74, 6) is -0.934. The van der Waals surface area contributed by atoms with Gasteiger partial charge >= 0.3 is 5.97 Å². The van der Waals surface area contributed by atoms with Crippen LogP contribution in [0.2, 0.25) is 0 Å². The van der Waals surface area contributed by atoms with Gasteiger partial charge in [-0.15, -0.1) is 23.5 Å². The number of carbonyl (C=O) groups is 1. The summed E-state index contributed by atoms with van der Waals surface area (Å²) in [6.07, 6.45) is 4.01. The van der Waals surface area contributed by atoms with Crippen molar-refractivity contribution in [2.75, 3.05) is 12.5 Å². The summed E-state index contributed by atoms with van der Waals surface area (Å²) < 4.78 is 0. The molecule has 3 nitrogen and oxygen atoms in total.